The highest BCUT2D eigenvalue weighted by atomic mass is 19.1. The van der Waals surface area contributed by atoms with Gasteiger partial charge < -0.3 is 19.3 Å². The normalized spacial score (nSPS) is 26.7. The van der Waals surface area contributed by atoms with Crippen LogP contribution in [-0.2, 0) is 20.7 Å². The van der Waals surface area contributed by atoms with Crippen LogP contribution in [0.1, 0.15) is 42.1 Å². The smallest absolute Gasteiger partial charge is 0.254 e. The maximum Gasteiger partial charge on any atom is 0.254 e. The molecule has 0 saturated carbocycles. The topological polar surface area (TPSA) is 59.1 Å². The molecular formula is C21H27FN2O4. The van der Waals surface area contributed by atoms with Crippen molar-refractivity contribution in [2.45, 2.75) is 50.8 Å². The Morgan fingerprint density at radius 2 is 1.93 bits per heavy atom. The molecule has 4 aliphatic rings. The molecule has 1 aromatic rings. The second-order valence-electron chi connectivity index (χ2n) is 7.80. The lowest BCUT2D eigenvalue weighted by Gasteiger charge is -2.51. The Kier molecular flexibility index (Phi) is 5.64. The molecule has 6 nitrogen and oxygen atoms in total. The van der Waals surface area contributed by atoms with E-state index in [9.17, 15) is 14.0 Å². The Morgan fingerprint density at radius 1 is 1.18 bits per heavy atom. The van der Waals surface area contributed by atoms with E-state index in [-0.39, 0.29) is 42.4 Å². The molecule has 0 radical (unpaired) electrons. The van der Waals surface area contributed by atoms with E-state index < -0.39 is 0 Å². The zero-order valence-electron chi connectivity index (χ0n) is 16.2. The van der Waals surface area contributed by atoms with Crippen LogP contribution in [-0.4, -0.2) is 72.7 Å². The number of nitrogens with zero attached hydrogens (tertiary/aromatic N) is 2. The van der Waals surface area contributed by atoms with E-state index in [4.69, 9.17) is 9.47 Å². The molecule has 0 aromatic heterocycles. The first kappa shape index (κ1) is 19.3. The Bertz CT molecular complexity index is 750. The van der Waals surface area contributed by atoms with Crippen LogP contribution >= 0.6 is 0 Å². The Labute approximate surface area is 164 Å². The first-order chi connectivity index (χ1) is 13.6. The summed E-state index contributed by atoms with van der Waals surface area (Å²) in [6.07, 6.45) is 3.06. The standard InChI is InChI=1S/C21H27FN2O4/c1-2-17-18(4-3-5-19(17)22)21(26)24-11-14-6-7-15(24)10-23(14)20(25)13-28-16-8-9-27-12-16/h3-5,14-16H,2,6-13H2,1H3. The average molecular weight is 390 g/mol. The van der Waals surface area contributed by atoms with Gasteiger partial charge in [-0.3, -0.25) is 9.59 Å². The molecule has 4 fully saturated rings. The molecule has 2 amide bonds. The van der Waals surface area contributed by atoms with Gasteiger partial charge in [-0.25, -0.2) is 4.39 Å². The third-order valence-corrected chi connectivity index (χ3v) is 6.14. The van der Waals surface area contributed by atoms with Crippen molar-refractivity contribution in [1.82, 2.24) is 9.80 Å². The molecular weight excluding hydrogens is 363 g/mol. The van der Waals surface area contributed by atoms with Gasteiger partial charge in [0, 0.05) is 42.9 Å². The molecule has 152 valence electrons. The highest BCUT2D eigenvalue weighted by Crippen LogP contribution is 2.31. The minimum Gasteiger partial charge on any atom is -0.379 e. The molecule has 0 aliphatic carbocycles. The quantitative estimate of drug-likeness (QED) is 0.772. The number of carbonyl (C=O) groups is 2. The second-order valence-corrected chi connectivity index (χ2v) is 7.80. The van der Waals surface area contributed by atoms with Crippen LogP contribution in [0.2, 0.25) is 0 Å². The summed E-state index contributed by atoms with van der Waals surface area (Å²) in [5, 5.41) is 0. The van der Waals surface area contributed by atoms with Crippen molar-refractivity contribution in [3.8, 4) is 0 Å². The summed E-state index contributed by atoms with van der Waals surface area (Å²) < 4.78 is 25.0. The third-order valence-electron chi connectivity index (χ3n) is 6.14. The van der Waals surface area contributed by atoms with Crippen molar-refractivity contribution in [2.75, 3.05) is 32.9 Å². The van der Waals surface area contributed by atoms with E-state index >= 15 is 0 Å². The highest BCUT2D eigenvalue weighted by Gasteiger charge is 2.43. The molecule has 5 rings (SSSR count). The Balaban J connectivity index is 1.41. The van der Waals surface area contributed by atoms with Crippen molar-refractivity contribution in [3.05, 3.63) is 35.1 Å². The summed E-state index contributed by atoms with van der Waals surface area (Å²) in [6, 6.07) is 4.66. The molecule has 2 bridgehead atoms. The second kappa shape index (κ2) is 8.17. The molecule has 4 saturated heterocycles. The average Bonchev–Trinajstić information content (AvgIpc) is 3.25. The van der Waals surface area contributed by atoms with E-state index in [2.05, 4.69) is 0 Å². The summed E-state index contributed by atoms with van der Waals surface area (Å²) in [5.41, 5.74) is 0.909. The number of piperidine rings is 2. The number of carbonyl (C=O) groups excluding carboxylic acids is 2. The third kappa shape index (κ3) is 3.65. The number of benzene rings is 1. The van der Waals surface area contributed by atoms with Crippen molar-refractivity contribution in [3.63, 3.8) is 0 Å². The largest absolute Gasteiger partial charge is 0.379 e. The fourth-order valence-corrected chi connectivity index (χ4v) is 4.57. The van der Waals surface area contributed by atoms with Gasteiger partial charge in [-0.15, -0.1) is 0 Å². The van der Waals surface area contributed by atoms with Crippen LogP contribution in [0.25, 0.3) is 0 Å². The van der Waals surface area contributed by atoms with Crippen molar-refractivity contribution >= 4 is 11.8 Å². The first-order valence-electron chi connectivity index (χ1n) is 10.2. The fraction of sp³-hybridized carbons (Fsp3) is 0.619. The lowest BCUT2D eigenvalue weighted by atomic mass is 9.89. The van der Waals surface area contributed by atoms with Gasteiger partial charge in [0.2, 0.25) is 5.91 Å². The number of rotatable bonds is 5. The SMILES string of the molecule is CCc1c(F)cccc1C(=O)N1CC2CCC1CN2C(=O)COC1CCOC1. The number of hydrogen-bond acceptors (Lipinski definition) is 4. The van der Waals surface area contributed by atoms with Crippen LogP contribution in [0.3, 0.4) is 0 Å². The predicted octanol–water partition coefficient (Wildman–Crippen LogP) is 2.01. The molecule has 4 aliphatic heterocycles. The first-order valence-corrected chi connectivity index (χ1v) is 10.2. The molecule has 7 heteroatoms. The van der Waals surface area contributed by atoms with Crippen LogP contribution < -0.4 is 0 Å². The highest BCUT2D eigenvalue weighted by molar-refractivity contribution is 5.96. The lowest BCUT2D eigenvalue weighted by Crippen LogP contribution is -2.65. The summed E-state index contributed by atoms with van der Waals surface area (Å²) in [7, 11) is 0. The van der Waals surface area contributed by atoms with Crippen LogP contribution in [0.4, 0.5) is 4.39 Å². The number of piperazine rings is 1. The molecule has 0 spiro atoms. The molecule has 28 heavy (non-hydrogen) atoms. The number of hydrogen-bond donors (Lipinski definition) is 0. The summed E-state index contributed by atoms with van der Waals surface area (Å²) in [6.45, 7) is 4.18. The van der Waals surface area contributed by atoms with Gasteiger partial charge in [0.05, 0.1) is 12.7 Å². The van der Waals surface area contributed by atoms with Gasteiger partial charge >= 0.3 is 0 Å². The fourth-order valence-electron chi connectivity index (χ4n) is 4.57. The lowest BCUT2D eigenvalue weighted by molar-refractivity contribution is -0.147. The van der Waals surface area contributed by atoms with Crippen molar-refractivity contribution in [2.24, 2.45) is 0 Å². The van der Waals surface area contributed by atoms with Crippen molar-refractivity contribution < 1.29 is 23.5 Å². The molecule has 0 N–H and O–H groups in total. The van der Waals surface area contributed by atoms with Crippen LogP contribution in [0.15, 0.2) is 18.2 Å². The molecule has 3 atom stereocenters. The zero-order valence-corrected chi connectivity index (χ0v) is 16.2. The Morgan fingerprint density at radius 3 is 2.57 bits per heavy atom. The van der Waals surface area contributed by atoms with Gasteiger partial charge in [0.25, 0.3) is 5.91 Å². The van der Waals surface area contributed by atoms with Gasteiger partial charge in [-0.2, -0.15) is 0 Å². The summed E-state index contributed by atoms with van der Waals surface area (Å²) >= 11 is 0. The van der Waals surface area contributed by atoms with E-state index in [0.29, 0.717) is 43.9 Å². The zero-order chi connectivity index (χ0) is 19.7. The number of amides is 2. The van der Waals surface area contributed by atoms with Crippen LogP contribution in [0.5, 0.6) is 0 Å². The van der Waals surface area contributed by atoms with Gasteiger partial charge in [-0.1, -0.05) is 13.0 Å². The van der Waals surface area contributed by atoms with E-state index in [1.807, 2.05) is 16.7 Å². The number of fused-ring (bicyclic) bond motifs is 3. The minimum atomic E-state index is -0.333. The minimum absolute atomic E-state index is 0.00325. The monoisotopic (exact) mass is 390 g/mol. The van der Waals surface area contributed by atoms with E-state index in [1.54, 1.807) is 12.1 Å². The Hall–Kier alpha value is -1.99. The summed E-state index contributed by atoms with van der Waals surface area (Å²) in [5.74, 6) is -0.480. The van der Waals surface area contributed by atoms with Gasteiger partial charge in [0.1, 0.15) is 12.4 Å². The van der Waals surface area contributed by atoms with E-state index in [0.717, 1.165) is 19.3 Å². The van der Waals surface area contributed by atoms with Crippen molar-refractivity contribution in [1.29, 1.82) is 0 Å². The number of ether oxygens (including phenoxy) is 2. The molecule has 1 aromatic carbocycles. The maximum absolute atomic E-state index is 14.1. The number of halogens is 1. The van der Waals surface area contributed by atoms with E-state index in [1.165, 1.54) is 6.07 Å². The van der Waals surface area contributed by atoms with Crippen LogP contribution in [0, 0.1) is 5.82 Å². The predicted molar refractivity (Wildman–Crippen MR) is 101 cm³/mol. The van der Waals surface area contributed by atoms with Gasteiger partial charge in [0.15, 0.2) is 0 Å². The molecule has 3 unspecified atom stereocenters. The summed E-state index contributed by atoms with van der Waals surface area (Å²) in [4.78, 5) is 29.5. The van der Waals surface area contributed by atoms with Gasteiger partial charge in [-0.05, 0) is 37.8 Å². The maximum atomic E-state index is 14.1. The molecule has 4 heterocycles.